The number of aromatic nitrogens is 2. The molecule has 0 fully saturated rings. The van der Waals surface area contributed by atoms with E-state index >= 15 is 0 Å². The van der Waals surface area contributed by atoms with Gasteiger partial charge < -0.3 is 4.57 Å². The summed E-state index contributed by atoms with van der Waals surface area (Å²) in [7, 11) is 0. The van der Waals surface area contributed by atoms with Gasteiger partial charge in [-0.05, 0) is 6.07 Å². The first-order chi connectivity index (χ1) is 8.67. The molecule has 4 nitrogen and oxygen atoms in total. The molecule has 0 aliphatic rings. The van der Waals surface area contributed by atoms with E-state index in [4.69, 9.17) is 22.1 Å². The van der Waals surface area contributed by atoms with Crippen molar-refractivity contribution in [2.45, 2.75) is 6.54 Å². The van der Waals surface area contributed by atoms with Crippen LogP contribution >= 0.6 is 11.6 Å². The Balaban J connectivity index is 2.42. The number of nitrogens with zero attached hydrogens (tertiary/aromatic N) is 4. The Morgan fingerprint density at radius 3 is 2.78 bits per heavy atom. The van der Waals surface area contributed by atoms with Crippen LogP contribution in [0.3, 0.4) is 0 Å². The maximum atomic E-state index is 13.7. The second kappa shape index (κ2) is 4.87. The molecular weight excluding hydrogens is 255 g/mol. The summed E-state index contributed by atoms with van der Waals surface area (Å²) in [6.45, 7) is 0.101. The van der Waals surface area contributed by atoms with Gasteiger partial charge in [-0.2, -0.15) is 10.5 Å². The third-order valence-corrected chi connectivity index (χ3v) is 2.71. The molecule has 0 spiro atoms. The molecule has 1 aromatic heterocycles. The Hall–Kier alpha value is -2.37. The third-order valence-electron chi connectivity index (χ3n) is 2.42. The molecular formula is C12H6ClFN4. The van der Waals surface area contributed by atoms with Crippen molar-refractivity contribution >= 4 is 11.6 Å². The molecule has 0 N–H and O–H groups in total. The van der Waals surface area contributed by atoms with Gasteiger partial charge >= 0.3 is 0 Å². The predicted octanol–water partition coefficient (Wildman–Crippen LogP) is 2.47. The lowest BCUT2D eigenvalue weighted by Crippen LogP contribution is -2.03. The van der Waals surface area contributed by atoms with Gasteiger partial charge in [0.2, 0.25) is 0 Å². The summed E-state index contributed by atoms with van der Waals surface area (Å²) in [6.07, 6.45) is 1.33. The van der Waals surface area contributed by atoms with Crippen molar-refractivity contribution in [2.24, 2.45) is 0 Å². The number of halogens is 2. The van der Waals surface area contributed by atoms with Crippen LogP contribution in [0.2, 0.25) is 5.02 Å². The number of rotatable bonds is 2. The Bertz CT molecular complexity index is 678. The number of benzene rings is 1. The molecule has 88 valence electrons. The van der Waals surface area contributed by atoms with Crippen LogP contribution in [0.1, 0.15) is 17.0 Å². The fourth-order valence-corrected chi connectivity index (χ4v) is 1.75. The van der Waals surface area contributed by atoms with Gasteiger partial charge in [-0.1, -0.05) is 23.7 Å². The lowest BCUT2D eigenvalue weighted by molar-refractivity contribution is 0.599. The number of nitriles is 2. The molecule has 6 heteroatoms. The minimum atomic E-state index is -0.532. The largest absolute Gasteiger partial charge is 0.317 e. The molecule has 2 aromatic rings. The zero-order chi connectivity index (χ0) is 13.1. The van der Waals surface area contributed by atoms with Crippen LogP contribution in [-0.2, 0) is 6.54 Å². The zero-order valence-corrected chi connectivity index (χ0v) is 9.82. The topological polar surface area (TPSA) is 65.4 Å². The van der Waals surface area contributed by atoms with Gasteiger partial charge in [0.15, 0.2) is 11.4 Å². The maximum absolute atomic E-state index is 13.7. The lowest BCUT2D eigenvalue weighted by atomic mass is 10.2. The second-order valence-electron chi connectivity index (χ2n) is 3.51. The smallest absolute Gasteiger partial charge is 0.176 e. The van der Waals surface area contributed by atoms with Gasteiger partial charge in [0.05, 0.1) is 17.9 Å². The van der Waals surface area contributed by atoms with Crippen molar-refractivity contribution in [2.75, 3.05) is 0 Å². The summed E-state index contributed by atoms with van der Waals surface area (Å²) in [5, 5.41) is 17.7. The van der Waals surface area contributed by atoms with Crippen LogP contribution < -0.4 is 0 Å². The molecule has 0 saturated carbocycles. The van der Waals surface area contributed by atoms with E-state index in [0.717, 1.165) is 0 Å². The van der Waals surface area contributed by atoms with Crippen LogP contribution in [-0.4, -0.2) is 9.55 Å². The first-order valence-corrected chi connectivity index (χ1v) is 5.33. The number of imidazole rings is 1. The fourth-order valence-electron chi connectivity index (χ4n) is 1.56. The molecule has 2 rings (SSSR count). The molecule has 0 saturated heterocycles. The molecule has 0 aliphatic carbocycles. The maximum Gasteiger partial charge on any atom is 0.176 e. The molecule has 0 unspecified atom stereocenters. The Morgan fingerprint density at radius 2 is 2.11 bits per heavy atom. The number of hydrogen-bond donors (Lipinski definition) is 0. The summed E-state index contributed by atoms with van der Waals surface area (Å²) in [5.74, 6) is -0.532. The standard InChI is InChI=1S/C12H6ClFN4/c13-9-3-1-2-8(12(9)14)6-18-7-17-10(4-15)11(18)5-16/h1-3,7H,6H2. The van der Waals surface area contributed by atoms with E-state index in [9.17, 15) is 4.39 Å². The summed E-state index contributed by atoms with van der Waals surface area (Å²) in [6, 6.07) is 8.30. The van der Waals surface area contributed by atoms with Crippen molar-refractivity contribution in [1.29, 1.82) is 10.5 Å². The molecule has 0 bridgehead atoms. The highest BCUT2D eigenvalue weighted by molar-refractivity contribution is 6.30. The van der Waals surface area contributed by atoms with Crippen LogP contribution in [0.4, 0.5) is 4.39 Å². The molecule has 0 aliphatic heterocycles. The highest BCUT2D eigenvalue weighted by Gasteiger charge is 2.12. The summed E-state index contributed by atoms with van der Waals surface area (Å²) in [5.41, 5.74) is 0.470. The lowest BCUT2D eigenvalue weighted by Gasteiger charge is -2.06. The van der Waals surface area contributed by atoms with Crippen molar-refractivity contribution in [3.8, 4) is 12.1 Å². The molecule has 0 radical (unpaired) electrons. The van der Waals surface area contributed by atoms with E-state index in [1.807, 2.05) is 6.07 Å². The van der Waals surface area contributed by atoms with Gasteiger partial charge in [-0.25, -0.2) is 9.37 Å². The van der Waals surface area contributed by atoms with E-state index in [2.05, 4.69) is 4.98 Å². The molecule has 0 atom stereocenters. The first kappa shape index (κ1) is 12.1. The SMILES string of the molecule is N#Cc1ncn(Cc2cccc(Cl)c2F)c1C#N. The van der Waals surface area contributed by atoms with Gasteiger partial charge in [0.25, 0.3) is 0 Å². The summed E-state index contributed by atoms with van der Waals surface area (Å²) in [4.78, 5) is 3.78. The minimum Gasteiger partial charge on any atom is -0.317 e. The molecule has 18 heavy (non-hydrogen) atoms. The molecule has 1 heterocycles. The Labute approximate surface area is 107 Å². The van der Waals surface area contributed by atoms with Crippen LogP contribution in [0.5, 0.6) is 0 Å². The van der Waals surface area contributed by atoms with E-state index < -0.39 is 5.82 Å². The highest BCUT2D eigenvalue weighted by Crippen LogP contribution is 2.19. The first-order valence-electron chi connectivity index (χ1n) is 4.95. The van der Waals surface area contributed by atoms with Gasteiger partial charge in [-0.15, -0.1) is 0 Å². The van der Waals surface area contributed by atoms with Crippen LogP contribution in [0, 0.1) is 28.5 Å². The van der Waals surface area contributed by atoms with Crippen LogP contribution in [0.15, 0.2) is 24.5 Å². The Kier molecular flexibility index (Phi) is 3.27. The normalized spacial score (nSPS) is 9.78. The van der Waals surface area contributed by atoms with E-state index in [-0.39, 0.29) is 23.0 Å². The fraction of sp³-hybridized carbons (Fsp3) is 0.0833. The van der Waals surface area contributed by atoms with Crippen molar-refractivity contribution in [3.05, 3.63) is 52.3 Å². The van der Waals surface area contributed by atoms with Crippen molar-refractivity contribution in [3.63, 3.8) is 0 Å². The van der Waals surface area contributed by atoms with Gasteiger partial charge in [0.1, 0.15) is 18.0 Å². The van der Waals surface area contributed by atoms with Crippen LogP contribution in [0.25, 0.3) is 0 Å². The summed E-state index contributed by atoms with van der Waals surface area (Å²) >= 11 is 5.67. The monoisotopic (exact) mass is 260 g/mol. The van der Waals surface area contributed by atoms with Crippen molar-refractivity contribution < 1.29 is 4.39 Å². The predicted molar refractivity (Wildman–Crippen MR) is 62.2 cm³/mol. The highest BCUT2D eigenvalue weighted by atomic mass is 35.5. The van der Waals surface area contributed by atoms with Gasteiger partial charge in [-0.3, -0.25) is 0 Å². The van der Waals surface area contributed by atoms with Gasteiger partial charge in [0, 0.05) is 5.56 Å². The summed E-state index contributed by atoms with van der Waals surface area (Å²) < 4.78 is 15.1. The zero-order valence-electron chi connectivity index (χ0n) is 9.06. The quantitative estimate of drug-likeness (QED) is 0.833. The Morgan fingerprint density at radius 1 is 1.33 bits per heavy atom. The van der Waals surface area contributed by atoms with E-state index in [1.165, 1.54) is 17.0 Å². The molecule has 1 aromatic carbocycles. The average molecular weight is 261 g/mol. The second-order valence-corrected chi connectivity index (χ2v) is 3.91. The van der Waals surface area contributed by atoms with E-state index in [1.54, 1.807) is 18.2 Å². The number of hydrogen-bond acceptors (Lipinski definition) is 3. The average Bonchev–Trinajstić information content (AvgIpc) is 2.77. The van der Waals surface area contributed by atoms with E-state index in [0.29, 0.717) is 5.56 Å². The third kappa shape index (κ3) is 2.04. The minimum absolute atomic E-state index is 0.0200. The molecule has 0 amide bonds. The van der Waals surface area contributed by atoms with Crippen molar-refractivity contribution in [1.82, 2.24) is 9.55 Å².